The normalized spacial score (nSPS) is 13.1. The van der Waals surface area contributed by atoms with Gasteiger partial charge in [0.1, 0.15) is 6.54 Å². The zero-order valence-electron chi connectivity index (χ0n) is 13.7. The molecule has 0 bridgehead atoms. The fourth-order valence-electron chi connectivity index (χ4n) is 2.79. The third-order valence-electron chi connectivity index (χ3n) is 4.03. The van der Waals surface area contributed by atoms with Gasteiger partial charge in [0.05, 0.1) is 26.7 Å². The fraction of sp³-hybridized carbons (Fsp3) is 0.368. The van der Waals surface area contributed by atoms with Gasteiger partial charge >= 0.3 is 0 Å². The summed E-state index contributed by atoms with van der Waals surface area (Å²) < 4.78 is 1.99. The van der Waals surface area contributed by atoms with Crippen molar-refractivity contribution in [1.29, 1.82) is 0 Å². The molecule has 2 N–H and O–H groups in total. The number of nitrogens with two attached hydrogens (primary N) is 1. The number of hydrogen-bond donors (Lipinski definition) is 1. The molecule has 0 radical (unpaired) electrons. The van der Waals surface area contributed by atoms with E-state index in [0.717, 1.165) is 28.5 Å². The number of nitrogens with zero attached hydrogens (tertiary/aromatic N) is 1. The lowest BCUT2D eigenvalue weighted by molar-refractivity contribution is -0.905. The molecule has 3 heteroatoms. The van der Waals surface area contributed by atoms with Gasteiger partial charge < -0.3 is 10.2 Å². The Labute approximate surface area is 142 Å². The van der Waals surface area contributed by atoms with Crippen LogP contribution in [-0.2, 0) is 13.0 Å². The van der Waals surface area contributed by atoms with Crippen molar-refractivity contribution < 1.29 is 4.48 Å². The van der Waals surface area contributed by atoms with Gasteiger partial charge in [-0.3, -0.25) is 0 Å². The van der Waals surface area contributed by atoms with Crippen molar-refractivity contribution in [3.63, 3.8) is 0 Å². The highest BCUT2D eigenvalue weighted by Gasteiger charge is 2.21. The van der Waals surface area contributed by atoms with E-state index in [1.165, 1.54) is 16.7 Å². The Kier molecular flexibility index (Phi) is 5.79. The maximum atomic E-state index is 6.43. The highest BCUT2D eigenvalue weighted by atomic mass is 79.9. The van der Waals surface area contributed by atoms with Crippen LogP contribution in [0.2, 0.25) is 0 Å². The van der Waals surface area contributed by atoms with Gasteiger partial charge in [-0.1, -0.05) is 59.3 Å². The number of halogens is 1. The summed E-state index contributed by atoms with van der Waals surface area (Å²) >= 11 is 3.48. The molecule has 0 heterocycles. The SMILES string of the molecule is CCc1ccc(C(N)C[N+](C)(C)Cc2ccc(Br)cc2)cc1. The number of benzene rings is 2. The second-order valence-electron chi connectivity index (χ2n) is 6.60. The molecule has 2 rings (SSSR count). The lowest BCUT2D eigenvalue weighted by Gasteiger charge is -2.32. The molecule has 2 aromatic rings. The average molecular weight is 362 g/mol. The maximum absolute atomic E-state index is 6.43. The standard InChI is InChI=1S/C19H26BrN2/c1-4-15-5-9-17(10-6-15)19(21)14-22(2,3)13-16-7-11-18(20)12-8-16/h5-12,19H,4,13-14,21H2,1-3H3/q+1. The van der Waals surface area contributed by atoms with Gasteiger partial charge in [0.15, 0.2) is 0 Å². The van der Waals surface area contributed by atoms with E-state index >= 15 is 0 Å². The van der Waals surface area contributed by atoms with Gasteiger partial charge in [-0.05, 0) is 29.7 Å². The molecule has 0 amide bonds. The van der Waals surface area contributed by atoms with E-state index in [1.54, 1.807) is 0 Å². The van der Waals surface area contributed by atoms with Crippen LogP contribution in [0.1, 0.15) is 29.7 Å². The van der Waals surface area contributed by atoms with E-state index in [-0.39, 0.29) is 6.04 Å². The highest BCUT2D eigenvalue weighted by molar-refractivity contribution is 9.10. The van der Waals surface area contributed by atoms with Crippen molar-refractivity contribution in [3.05, 3.63) is 69.7 Å². The minimum atomic E-state index is 0.0661. The van der Waals surface area contributed by atoms with Gasteiger partial charge in [-0.15, -0.1) is 0 Å². The molecule has 0 saturated carbocycles. The van der Waals surface area contributed by atoms with Crippen molar-refractivity contribution in [2.45, 2.75) is 25.9 Å². The van der Waals surface area contributed by atoms with Crippen LogP contribution in [0.5, 0.6) is 0 Å². The zero-order valence-corrected chi connectivity index (χ0v) is 15.3. The van der Waals surface area contributed by atoms with Crippen LogP contribution in [-0.4, -0.2) is 25.1 Å². The lowest BCUT2D eigenvalue weighted by Crippen LogP contribution is -2.44. The maximum Gasteiger partial charge on any atom is 0.104 e. The summed E-state index contributed by atoms with van der Waals surface area (Å²) in [6, 6.07) is 17.3. The number of likely N-dealkylation sites (N-methyl/N-ethyl adjacent to an activating group) is 1. The van der Waals surface area contributed by atoms with Crippen molar-refractivity contribution in [3.8, 4) is 0 Å². The molecule has 118 valence electrons. The van der Waals surface area contributed by atoms with Crippen LogP contribution in [0, 0.1) is 0 Å². The molecule has 1 unspecified atom stereocenters. The molecule has 22 heavy (non-hydrogen) atoms. The van der Waals surface area contributed by atoms with Crippen LogP contribution < -0.4 is 5.73 Å². The lowest BCUT2D eigenvalue weighted by atomic mass is 10.0. The molecule has 0 spiro atoms. The van der Waals surface area contributed by atoms with Crippen LogP contribution in [0.3, 0.4) is 0 Å². The Bertz CT molecular complexity index is 588. The number of quaternary nitrogens is 1. The van der Waals surface area contributed by atoms with Gasteiger partial charge in [0, 0.05) is 10.0 Å². The quantitative estimate of drug-likeness (QED) is 0.763. The van der Waals surface area contributed by atoms with Crippen LogP contribution in [0.15, 0.2) is 53.0 Å². The molecule has 2 nitrogen and oxygen atoms in total. The molecule has 0 saturated heterocycles. The Hall–Kier alpha value is -1.16. The average Bonchev–Trinajstić information content (AvgIpc) is 2.49. The van der Waals surface area contributed by atoms with Gasteiger partial charge in [0.2, 0.25) is 0 Å². The fourth-order valence-corrected chi connectivity index (χ4v) is 3.05. The van der Waals surface area contributed by atoms with Crippen LogP contribution in [0.25, 0.3) is 0 Å². The Morgan fingerprint density at radius 2 is 1.50 bits per heavy atom. The Morgan fingerprint density at radius 3 is 2.05 bits per heavy atom. The summed E-state index contributed by atoms with van der Waals surface area (Å²) in [4.78, 5) is 0. The van der Waals surface area contributed by atoms with Gasteiger partial charge in [-0.2, -0.15) is 0 Å². The second kappa shape index (κ2) is 7.40. The predicted molar refractivity (Wildman–Crippen MR) is 97.6 cm³/mol. The first kappa shape index (κ1) is 17.2. The van der Waals surface area contributed by atoms with Gasteiger partial charge in [0.25, 0.3) is 0 Å². The molecule has 0 aliphatic rings. The molecule has 0 aliphatic heterocycles. The summed E-state index contributed by atoms with van der Waals surface area (Å²) in [5, 5.41) is 0. The first-order chi connectivity index (χ1) is 10.4. The van der Waals surface area contributed by atoms with E-state index in [0.29, 0.717) is 0 Å². The molecule has 0 aromatic heterocycles. The molecular weight excluding hydrogens is 336 g/mol. The third kappa shape index (κ3) is 4.94. The van der Waals surface area contributed by atoms with E-state index in [1.807, 2.05) is 0 Å². The van der Waals surface area contributed by atoms with Crippen LogP contribution in [0.4, 0.5) is 0 Å². The summed E-state index contributed by atoms with van der Waals surface area (Å²) in [7, 11) is 4.48. The number of aryl methyl sites for hydroxylation is 1. The largest absolute Gasteiger partial charge is 0.323 e. The van der Waals surface area contributed by atoms with E-state index in [4.69, 9.17) is 5.73 Å². The number of rotatable bonds is 6. The van der Waals surface area contributed by atoms with E-state index < -0.39 is 0 Å². The Balaban J connectivity index is 2.01. The highest BCUT2D eigenvalue weighted by Crippen LogP contribution is 2.19. The first-order valence-electron chi connectivity index (χ1n) is 7.80. The molecular formula is C19H26BrN2+. The second-order valence-corrected chi connectivity index (χ2v) is 7.52. The smallest absolute Gasteiger partial charge is 0.104 e. The molecule has 1 atom stereocenters. The minimum Gasteiger partial charge on any atom is -0.323 e. The van der Waals surface area contributed by atoms with E-state index in [9.17, 15) is 0 Å². The molecule has 0 fully saturated rings. The third-order valence-corrected chi connectivity index (χ3v) is 4.56. The molecule has 2 aromatic carbocycles. The minimum absolute atomic E-state index is 0.0661. The number of hydrogen-bond acceptors (Lipinski definition) is 1. The van der Waals surface area contributed by atoms with Crippen LogP contribution >= 0.6 is 15.9 Å². The Morgan fingerprint density at radius 1 is 0.955 bits per heavy atom. The monoisotopic (exact) mass is 361 g/mol. The topological polar surface area (TPSA) is 26.0 Å². The van der Waals surface area contributed by atoms with Gasteiger partial charge in [-0.25, -0.2) is 0 Å². The zero-order chi connectivity index (χ0) is 16.2. The molecule has 0 aliphatic carbocycles. The summed E-state index contributed by atoms with van der Waals surface area (Å²) in [6.45, 7) is 4.07. The first-order valence-corrected chi connectivity index (χ1v) is 8.60. The summed E-state index contributed by atoms with van der Waals surface area (Å²) in [5.41, 5.74) is 10.3. The van der Waals surface area contributed by atoms with Crippen molar-refractivity contribution in [1.82, 2.24) is 0 Å². The van der Waals surface area contributed by atoms with Crippen molar-refractivity contribution in [2.75, 3.05) is 20.6 Å². The summed E-state index contributed by atoms with van der Waals surface area (Å²) in [6.07, 6.45) is 1.07. The van der Waals surface area contributed by atoms with Crippen molar-refractivity contribution >= 4 is 15.9 Å². The van der Waals surface area contributed by atoms with E-state index in [2.05, 4.69) is 85.5 Å². The predicted octanol–water partition coefficient (Wildman–Crippen LogP) is 4.29. The summed E-state index contributed by atoms with van der Waals surface area (Å²) in [5.74, 6) is 0. The van der Waals surface area contributed by atoms with Crippen molar-refractivity contribution in [2.24, 2.45) is 5.73 Å².